The largest absolute Gasteiger partial charge is 0.479 e. The molecule has 210 valence electrons. The zero-order valence-electron chi connectivity index (χ0n) is 24.2. The van der Waals surface area contributed by atoms with Gasteiger partial charge in [-0.25, -0.2) is 4.79 Å². The molecule has 0 fully saturated rings. The van der Waals surface area contributed by atoms with Crippen LogP contribution in [0.2, 0.25) is 0 Å². The van der Waals surface area contributed by atoms with Gasteiger partial charge in [-0.15, -0.1) is 0 Å². The van der Waals surface area contributed by atoms with Gasteiger partial charge in [-0.05, 0) is 21.8 Å². The first-order valence-corrected chi connectivity index (χ1v) is 14.2. The maximum Gasteiger partial charge on any atom is 0.332 e. The van der Waals surface area contributed by atoms with Gasteiger partial charge in [-0.3, -0.25) is 9.79 Å². The zero-order valence-corrected chi connectivity index (χ0v) is 24.2. The van der Waals surface area contributed by atoms with Crippen molar-refractivity contribution in [2.75, 3.05) is 0 Å². The highest BCUT2D eigenvalue weighted by atomic mass is 16.4. The van der Waals surface area contributed by atoms with Gasteiger partial charge >= 0.3 is 5.97 Å². The monoisotopic (exact) mass is 553 g/mol. The lowest BCUT2D eigenvalue weighted by molar-refractivity contribution is -0.149. The Balaban J connectivity index is 1.86. The van der Waals surface area contributed by atoms with E-state index in [4.69, 9.17) is 4.99 Å². The Bertz CT molecular complexity index is 1670. The Hall–Kier alpha value is -4.83. The quantitative estimate of drug-likeness (QED) is 0.147. The minimum absolute atomic E-state index is 0.0258. The number of carboxylic acid groups (broad SMARTS) is 1. The van der Waals surface area contributed by atoms with E-state index in [0.717, 1.165) is 27.5 Å². The van der Waals surface area contributed by atoms with Crippen LogP contribution in [-0.4, -0.2) is 28.1 Å². The van der Waals surface area contributed by atoms with Gasteiger partial charge in [0.2, 0.25) is 0 Å². The van der Waals surface area contributed by atoms with Gasteiger partial charge in [0.1, 0.15) is 0 Å². The number of fused-ring (bicyclic) bond motifs is 1. The van der Waals surface area contributed by atoms with Crippen LogP contribution < -0.4 is 0 Å². The van der Waals surface area contributed by atoms with Crippen LogP contribution in [0.15, 0.2) is 138 Å². The molecule has 0 radical (unpaired) electrons. The van der Waals surface area contributed by atoms with Crippen molar-refractivity contribution in [2.45, 2.75) is 38.6 Å². The SMILES string of the molecule is CC(C)(C)[C@@](N=C(c1ccccc1)c1ccccc1)(C(=O)O)[C@@H](CC(=O)c1ccccc1)c1cccc2ccccc12. The molecule has 0 aromatic heterocycles. The highest BCUT2D eigenvalue weighted by Gasteiger charge is 2.56. The van der Waals surface area contributed by atoms with Gasteiger partial charge in [0.25, 0.3) is 0 Å². The minimum Gasteiger partial charge on any atom is -0.479 e. The number of aliphatic carboxylic acids is 1. The van der Waals surface area contributed by atoms with Crippen LogP contribution in [-0.2, 0) is 4.79 Å². The predicted octanol–water partition coefficient (Wildman–Crippen LogP) is 8.60. The summed E-state index contributed by atoms with van der Waals surface area (Å²) < 4.78 is 0. The smallest absolute Gasteiger partial charge is 0.332 e. The summed E-state index contributed by atoms with van der Waals surface area (Å²) in [6.45, 7) is 5.72. The normalized spacial score (nSPS) is 13.6. The summed E-state index contributed by atoms with van der Waals surface area (Å²) in [5.74, 6) is -1.98. The van der Waals surface area contributed by atoms with Gasteiger partial charge in [0.05, 0.1) is 5.71 Å². The number of carbonyl (C=O) groups excluding carboxylic acids is 1. The maximum atomic E-state index is 13.9. The van der Waals surface area contributed by atoms with E-state index in [1.54, 1.807) is 12.1 Å². The van der Waals surface area contributed by atoms with Crippen LogP contribution in [0.5, 0.6) is 0 Å². The van der Waals surface area contributed by atoms with Crippen LogP contribution in [0, 0.1) is 5.41 Å². The zero-order chi connectivity index (χ0) is 29.7. The Kier molecular flexibility index (Phi) is 8.17. The third kappa shape index (κ3) is 5.53. The average Bonchev–Trinajstić information content (AvgIpc) is 3.01. The van der Waals surface area contributed by atoms with Crippen molar-refractivity contribution < 1.29 is 14.7 Å². The van der Waals surface area contributed by atoms with Crippen molar-refractivity contribution in [1.29, 1.82) is 0 Å². The number of hydrogen-bond acceptors (Lipinski definition) is 3. The fourth-order valence-electron chi connectivity index (χ4n) is 5.91. The number of rotatable bonds is 9. The predicted molar refractivity (Wildman–Crippen MR) is 170 cm³/mol. The number of Topliss-reactive ketones (excluding diaryl/α,β-unsaturated/α-hetero) is 1. The number of hydrogen-bond donors (Lipinski definition) is 1. The van der Waals surface area contributed by atoms with E-state index in [2.05, 4.69) is 0 Å². The number of benzene rings is 5. The highest BCUT2D eigenvalue weighted by molar-refractivity contribution is 6.14. The van der Waals surface area contributed by atoms with Crippen LogP contribution in [0.25, 0.3) is 10.8 Å². The van der Waals surface area contributed by atoms with E-state index in [-0.39, 0.29) is 12.2 Å². The summed E-state index contributed by atoms with van der Waals surface area (Å²) >= 11 is 0. The van der Waals surface area contributed by atoms with E-state index in [0.29, 0.717) is 11.3 Å². The molecular formula is C38H35NO3. The fraction of sp³-hybridized carbons (Fsp3) is 0.184. The van der Waals surface area contributed by atoms with Crippen LogP contribution in [0.4, 0.5) is 0 Å². The third-order valence-corrected chi connectivity index (χ3v) is 8.04. The number of carbonyl (C=O) groups is 2. The summed E-state index contributed by atoms with van der Waals surface area (Å²) in [6, 6.07) is 42.3. The van der Waals surface area contributed by atoms with Gasteiger partial charge in [-0.1, -0.05) is 154 Å². The number of nitrogens with zero attached hydrogens (tertiary/aromatic N) is 1. The van der Waals surface area contributed by atoms with E-state index in [9.17, 15) is 14.7 Å². The summed E-state index contributed by atoms with van der Waals surface area (Å²) in [4.78, 5) is 33.2. The molecule has 0 heterocycles. The molecule has 0 aliphatic heterocycles. The first-order valence-electron chi connectivity index (χ1n) is 14.2. The van der Waals surface area contributed by atoms with E-state index >= 15 is 0 Å². The molecule has 0 aliphatic carbocycles. The van der Waals surface area contributed by atoms with Crippen molar-refractivity contribution in [3.05, 3.63) is 156 Å². The van der Waals surface area contributed by atoms with Crippen molar-refractivity contribution in [3.63, 3.8) is 0 Å². The molecule has 5 aromatic carbocycles. The standard InChI is InChI=1S/C38H35NO3/c1-37(2,3)38(36(41)42,39-35(29-19-9-5-10-20-29)30-21-11-6-12-22-30)33(26-34(40)28-17-7-4-8-18-28)32-25-15-23-27-16-13-14-24-31(27)32/h4-25,33H,26H2,1-3H3,(H,41,42)/t33-,38-/m0/s1. The molecule has 0 spiro atoms. The number of carboxylic acids is 1. The highest BCUT2D eigenvalue weighted by Crippen LogP contribution is 2.49. The van der Waals surface area contributed by atoms with Gasteiger partial charge in [0, 0.05) is 29.0 Å². The molecule has 0 saturated carbocycles. The van der Waals surface area contributed by atoms with E-state index in [1.165, 1.54) is 0 Å². The second kappa shape index (κ2) is 12.0. The number of ketones is 1. The van der Waals surface area contributed by atoms with E-state index in [1.807, 2.05) is 142 Å². The first kappa shape index (κ1) is 28.7. The fourth-order valence-corrected chi connectivity index (χ4v) is 5.91. The van der Waals surface area contributed by atoms with Crippen LogP contribution in [0.3, 0.4) is 0 Å². The molecule has 5 aromatic rings. The van der Waals surface area contributed by atoms with Crippen molar-refractivity contribution >= 4 is 28.2 Å². The molecule has 0 saturated heterocycles. The lowest BCUT2D eigenvalue weighted by Gasteiger charge is -2.44. The van der Waals surface area contributed by atoms with Crippen molar-refractivity contribution in [1.82, 2.24) is 0 Å². The Morgan fingerprint density at radius 2 is 1.12 bits per heavy atom. The van der Waals surface area contributed by atoms with Crippen molar-refractivity contribution in [3.8, 4) is 0 Å². The summed E-state index contributed by atoms with van der Waals surface area (Å²) in [5, 5.41) is 13.3. The molecule has 2 atom stereocenters. The molecule has 4 heteroatoms. The summed E-state index contributed by atoms with van der Waals surface area (Å²) in [7, 11) is 0. The third-order valence-electron chi connectivity index (χ3n) is 8.04. The average molecular weight is 554 g/mol. The summed E-state index contributed by atoms with van der Waals surface area (Å²) in [6.07, 6.45) is -0.0258. The molecule has 0 amide bonds. The van der Waals surface area contributed by atoms with Gasteiger partial charge in [-0.2, -0.15) is 0 Å². The molecule has 0 aliphatic rings. The van der Waals surface area contributed by atoms with Crippen molar-refractivity contribution in [2.24, 2.45) is 10.4 Å². The second-order valence-electron chi connectivity index (χ2n) is 11.6. The maximum absolute atomic E-state index is 13.9. The molecule has 0 bridgehead atoms. The van der Waals surface area contributed by atoms with Crippen LogP contribution in [0.1, 0.15) is 60.2 Å². The van der Waals surface area contributed by atoms with E-state index < -0.39 is 22.8 Å². The topological polar surface area (TPSA) is 66.7 Å². The minimum atomic E-state index is -1.72. The lowest BCUT2D eigenvalue weighted by atomic mass is 9.62. The molecule has 0 unspecified atom stereocenters. The molecule has 5 rings (SSSR count). The second-order valence-corrected chi connectivity index (χ2v) is 11.6. The molecule has 4 nitrogen and oxygen atoms in total. The Morgan fingerprint density at radius 1 is 0.643 bits per heavy atom. The number of aliphatic imine (C=N–C) groups is 1. The lowest BCUT2D eigenvalue weighted by Crippen LogP contribution is -2.54. The summed E-state index contributed by atoms with van der Waals surface area (Å²) in [5.41, 5.74) is 0.916. The Labute approximate surface area is 247 Å². The first-order chi connectivity index (χ1) is 20.2. The molecule has 1 N–H and O–H groups in total. The van der Waals surface area contributed by atoms with Crippen LogP contribution >= 0.6 is 0 Å². The Morgan fingerprint density at radius 3 is 1.64 bits per heavy atom. The molecular weight excluding hydrogens is 518 g/mol. The van der Waals surface area contributed by atoms with Gasteiger partial charge in [0.15, 0.2) is 11.3 Å². The van der Waals surface area contributed by atoms with Gasteiger partial charge < -0.3 is 5.11 Å². The molecule has 42 heavy (non-hydrogen) atoms.